The minimum Gasteiger partial charge on any atom is -0.491 e. The van der Waals surface area contributed by atoms with Gasteiger partial charge in [0, 0.05) is 13.2 Å². The molecule has 0 aliphatic heterocycles. The fraction of sp³-hybridized carbons (Fsp3) is 0.538. The summed E-state index contributed by atoms with van der Waals surface area (Å²) in [5.41, 5.74) is 0. The lowest BCUT2D eigenvalue weighted by molar-refractivity contribution is -0.657. The SMILES string of the molecule is COCC[NH2+]CCOCCOc1ccc(Cl)c(Cl)c1. The molecule has 1 aromatic carbocycles. The lowest BCUT2D eigenvalue weighted by Gasteiger charge is -2.07. The smallest absolute Gasteiger partial charge is 0.121 e. The van der Waals surface area contributed by atoms with Crippen LogP contribution in [-0.2, 0) is 9.47 Å². The second-order valence-electron chi connectivity index (χ2n) is 3.90. The van der Waals surface area contributed by atoms with E-state index in [0.29, 0.717) is 35.6 Å². The van der Waals surface area contributed by atoms with E-state index in [1.807, 2.05) is 0 Å². The first-order chi connectivity index (χ1) is 9.24. The number of ether oxygens (including phenoxy) is 3. The van der Waals surface area contributed by atoms with Crippen LogP contribution in [0.1, 0.15) is 0 Å². The number of hydrogen-bond acceptors (Lipinski definition) is 3. The van der Waals surface area contributed by atoms with Crippen LogP contribution in [0, 0.1) is 0 Å². The Morgan fingerprint density at radius 1 is 1.00 bits per heavy atom. The maximum absolute atomic E-state index is 5.88. The molecule has 1 rings (SSSR count). The summed E-state index contributed by atoms with van der Waals surface area (Å²) in [7, 11) is 1.70. The molecule has 0 bridgehead atoms. The van der Waals surface area contributed by atoms with E-state index in [-0.39, 0.29) is 0 Å². The quantitative estimate of drug-likeness (QED) is 0.668. The van der Waals surface area contributed by atoms with E-state index in [9.17, 15) is 0 Å². The first-order valence-corrected chi connectivity index (χ1v) is 6.96. The number of rotatable bonds is 10. The third kappa shape index (κ3) is 7.60. The van der Waals surface area contributed by atoms with Crippen LogP contribution >= 0.6 is 23.2 Å². The highest BCUT2D eigenvalue weighted by molar-refractivity contribution is 6.42. The van der Waals surface area contributed by atoms with Crippen molar-refractivity contribution in [3.05, 3.63) is 28.2 Å². The predicted octanol–water partition coefficient (Wildman–Crippen LogP) is 1.60. The summed E-state index contributed by atoms with van der Waals surface area (Å²) in [6.07, 6.45) is 0. The zero-order valence-electron chi connectivity index (χ0n) is 11.0. The molecule has 4 nitrogen and oxygen atoms in total. The van der Waals surface area contributed by atoms with Crippen LogP contribution in [0.4, 0.5) is 0 Å². The van der Waals surface area contributed by atoms with Gasteiger partial charge in [0.2, 0.25) is 0 Å². The average Bonchev–Trinajstić information content (AvgIpc) is 2.41. The minimum absolute atomic E-state index is 0.493. The van der Waals surface area contributed by atoms with Gasteiger partial charge < -0.3 is 19.5 Å². The van der Waals surface area contributed by atoms with Crippen LogP contribution in [0.25, 0.3) is 0 Å². The second-order valence-corrected chi connectivity index (χ2v) is 4.71. The number of hydrogen-bond donors (Lipinski definition) is 1. The Hall–Kier alpha value is -0.520. The number of halogens is 2. The summed E-state index contributed by atoms with van der Waals surface area (Å²) in [5.74, 6) is 0.699. The van der Waals surface area contributed by atoms with Gasteiger partial charge in [-0.15, -0.1) is 0 Å². The molecule has 0 saturated heterocycles. The highest BCUT2D eigenvalue weighted by Gasteiger charge is 2.00. The molecule has 0 aliphatic rings. The zero-order chi connectivity index (χ0) is 13.9. The van der Waals surface area contributed by atoms with Crippen molar-refractivity contribution in [3.63, 3.8) is 0 Å². The molecule has 108 valence electrons. The summed E-state index contributed by atoms with van der Waals surface area (Å²) < 4.78 is 15.9. The Bertz CT molecular complexity index is 364. The van der Waals surface area contributed by atoms with Gasteiger partial charge in [-0.25, -0.2) is 0 Å². The Labute approximate surface area is 123 Å². The number of quaternary nitrogens is 1. The lowest BCUT2D eigenvalue weighted by Crippen LogP contribution is -2.86. The molecule has 0 radical (unpaired) electrons. The molecule has 0 atom stereocenters. The largest absolute Gasteiger partial charge is 0.491 e. The Morgan fingerprint density at radius 3 is 2.53 bits per heavy atom. The monoisotopic (exact) mass is 308 g/mol. The van der Waals surface area contributed by atoms with Gasteiger partial charge in [-0.2, -0.15) is 0 Å². The van der Waals surface area contributed by atoms with Gasteiger partial charge in [-0.3, -0.25) is 0 Å². The topological polar surface area (TPSA) is 44.3 Å². The van der Waals surface area contributed by atoms with Crippen molar-refractivity contribution >= 4 is 23.2 Å². The van der Waals surface area contributed by atoms with Crippen molar-refractivity contribution in [2.24, 2.45) is 0 Å². The molecular formula is C13H20Cl2NO3+. The number of methoxy groups -OCH3 is 1. The summed E-state index contributed by atoms with van der Waals surface area (Å²) >= 11 is 11.7. The molecule has 0 aromatic heterocycles. The van der Waals surface area contributed by atoms with Crippen LogP contribution < -0.4 is 10.1 Å². The minimum atomic E-state index is 0.493. The second kappa shape index (κ2) is 10.3. The molecule has 1 aromatic rings. The third-order valence-electron chi connectivity index (χ3n) is 2.38. The molecule has 0 fully saturated rings. The Balaban J connectivity index is 2.00. The van der Waals surface area contributed by atoms with E-state index in [1.165, 1.54) is 0 Å². The summed E-state index contributed by atoms with van der Waals surface area (Å²) in [5, 5.41) is 3.17. The molecule has 19 heavy (non-hydrogen) atoms. The van der Waals surface area contributed by atoms with Gasteiger partial charge in [-0.05, 0) is 12.1 Å². The maximum Gasteiger partial charge on any atom is 0.121 e. The van der Waals surface area contributed by atoms with Crippen LogP contribution in [0.15, 0.2) is 18.2 Å². The van der Waals surface area contributed by atoms with E-state index in [0.717, 1.165) is 19.7 Å². The number of nitrogens with two attached hydrogens (primary N) is 1. The first-order valence-electron chi connectivity index (χ1n) is 6.20. The van der Waals surface area contributed by atoms with Crippen LogP contribution in [0.2, 0.25) is 10.0 Å². The highest BCUT2D eigenvalue weighted by atomic mass is 35.5. The molecule has 2 N–H and O–H groups in total. The molecule has 0 spiro atoms. The van der Waals surface area contributed by atoms with Gasteiger partial charge in [-0.1, -0.05) is 23.2 Å². The van der Waals surface area contributed by atoms with Gasteiger partial charge in [0.1, 0.15) is 12.4 Å². The van der Waals surface area contributed by atoms with Crippen molar-refractivity contribution < 1.29 is 19.5 Å². The summed E-state index contributed by atoms with van der Waals surface area (Å²) in [4.78, 5) is 0. The van der Waals surface area contributed by atoms with Crippen LogP contribution in [0.5, 0.6) is 5.75 Å². The highest BCUT2D eigenvalue weighted by Crippen LogP contribution is 2.26. The molecule has 0 heterocycles. The van der Waals surface area contributed by atoms with Gasteiger partial charge in [0.05, 0.1) is 43.0 Å². The summed E-state index contributed by atoms with van der Waals surface area (Å²) in [6.45, 7) is 4.40. The maximum atomic E-state index is 5.88. The predicted molar refractivity (Wildman–Crippen MR) is 76.3 cm³/mol. The van der Waals surface area contributed by atoms with Gasteiger partial charge in [0.25, 0.3) is 0 Å². The number of benzene rings is 1. The third-order valence-corrected chi connectivity index (χ3v) is 3.12. The van der Waals surface area contributed by atoms with E-state index in [2.05, 4.69) is 5.32 Å². The fourth-order valence-corrected chi connectivity index (χ4v) is 1.69. The summed E-state index contributed by atoms with van der Waals surface area (Å²) in [6, 6.07) is 5.19. The molecule has 0 amide bonds. The lowest BCUT2D eigenvalue weighted by atomic mass is 10.3. The van der Waals surface area contributed by atoms with Crippen molar-refractivity contribution in [2.75, 3.05) is 46.6 Å². The van der Waals surface area contributed by atoms with E-state index in [4.69, 9.17) is 37.4 Å². The Morgan fingerprint density at radius 2 is 1.79 bits per heavy atom. The van der Waals surface area contributed by atoms with Gasteiger partial charge in [0.15, 0.2) is 0 Å². The standard InChI is InChI=1S/C13H19Cl2NO3/c1-17-6-4-16-5-7-18-8-9-19-11-2-3-12(14)13(15)10-11/h2-3,10,16H,4-9H2,1H3/p+1. The molecule has 0 unspecified atom stereocenters. The van der Waals surface area contributed by atoms with E-state index >= 15 is 0 Å². The normalized spacial score (nSPS) is 10.7. The van der Waals surface area contributed by atoms with Gasteiger partial charge >= 0.3 is 0 Å². The van der Waals surface area contributed by atoms with Crippen LogP contribution in [0.3, 0.4) is 0 Å². The van der Waals surface area contributed by atoms with E-state index < -0.39 is 0 Å². The molecule has 0 aliphatic carbocycles. The molecule has 6 heteroatoms. The fourth-order valence-electron chi connectivity index (χ4n) is 1.40. The zero-order valence-corrected chi connectivity index (χ0v) is 12.5. The van der Waals surface area contributed by atoms with Crippen molar-refractivity contribution in [2.45, 2.75) is 0 Å². The molecule has 0 saturated carbocycles. The van der Waals surface area contributed by atoms with Crippen molar-refractivity contribution in [3.8, 4) is 5.75 Å². The first kappa shape index (κ1) is 16.5. The van der Waals surface area contributed by atoms with Crippen molar-refractivity contribution in [1.82, 2.24) is 0 Å². The molecular weight excluding hydrogens is 289 g/mol. The average molecular weight is 309 g/mol. The Kier molecular flexibility index (Phi) is 8.95. The van der Waals surface area contributed by atoms with E-state index in [1.54, 1.807) is 25.3 Å². The van der Waals surface area contributed by atoms with Crippen LogP contribution in [-0.4, -0.2) is 46.6 Å². The van der Waals surface area contributed by atoms with Crippen molar-refractivity contribution in [1.29, 1.82) is 0 Å².